The second-order valence-corrected chi connectivity index (χ2v) is 9.28. The molecular formula is C28H24F3N3O4. The highest BCUT2D eigenvalue weighted by Crippen LogP contribution is 2.31. The fourth-order valence-electron chi connectivity index (χ4n) is 4.87. The van der Waals surface area contributed by atoms with Crippen LogP contribution in [0.4, 0.5) is 24.5 Å². The van der Waals surface area contributed by atoms with E-state index >= 15 is 0 Å². The number of alkyl halides is 3. The molecule has 2 aliphatic heterocycles. The number of halogens is 3. The summed E-state index contributed by atoms with van der Waals surface area (Å²) in [6.07, 6.45) is -3.09. The predicted octanol–water partition coefficient (Wildman–Crippen LogP) is 5.35. The molecule has 2 N–H and O–H groups in total. The third-order valence-electron chi connectivity index (χ3n) is 6.76. The van der Waals surface area contributed by atoms with Gasteiger partial charge in [-0.05, 0) is 72.4 Å². The largest absolute Gasteiger partial charge is 0.573 e. The van der Waals surface area contributed by atoms with Crippen LogP contribution in [-0.2, 0) is 11.2 Å². The molecule has 3 aromatic rings. The van der Waals surface area contributed by atoms with Gasteiger partial charge >= 0.3 is 6.36 Å². The number of hydrogen-bond acceptors (Lipinski definition) is 4. The number of carbonyl (C=O) groups excluding carboxylic acids is 3. The molecule has 0 radical (unpaired) electrons. The minimum absolute atomic E-state index is 0.0570. The first-order valence-corrected chi connectivity index (χ1v) is 12.1. The summed E-state index contributed by atoms with van der Waals surface area (Å²) in [6, 6.07) is 17.6. The molecule has 1 fully saturated rings. The van der Waals surface area contributed by atoms with Crippen molar-refractivity contribution >= 4 is 29.1 Å². The lowest BCUT2D eigenvalue weighted by Gasteiger charge is -2.32. The molecule has 0 unspecified atom stereocenters. The molecule has 1 saturated heterocycles. The monoisotopic (exact) mass is 523 g/mol. The van der Waals surface area contributed by atoms with E-state index in [0.29, 0.717) is 24.3 Å². The first kappa shape index (κ1) is 25.3. The molecule has 0 spiro atoms. The van der Waals surface area contributed by atoms with E-state index in [4.69, 9.17) is 0 Å². The van der Waals surface area contributed by atoms with Crippen molar-refractivity contribution in [3.63, 3.8) is 0 Å². The maximum absolute atomic E-state index is 13.0. The van der Waals surface area contributed by atoms with Crippen molar-refractivity contribution in [3.05, 3.63) is 89.0 Å². The van der Waals surface area contributed by atoms with Crippen LogP contribution < -0.4 is 15.4 Å². The Morgan fingerprint density at radius 2 is 1.68 bits per heavy atom. The lowest BCUT2D eigenvalue weighted by atomic mass is 9.89. The van der Waals surface area contributed by atoms with Gasteiger partial charge in [-0.3, -0.25) is 14.4 Å². The van der Waals surface area contributed by atoms with Gasteiger partial charge in [0.25, 0.3) is 11.8 Å². The molecule has 196 valence electrons. The molecule has 10 heteroatoms. The number of fused-ring (bicyclic) bond motifs is 1. The van der Waals surface area contributed by atoms with E-state index in [1.165, 1.54) is 18.2 Å². The molecule has 7 nitrogen and oxygen atoms in total. The highest BCUT2D eigenvalue weighted by molar-refractivity contribution is 6.06. The predicted molar refractivity (Wildman–Crippen MR) is 134 cm³/mol. The molecule has 3 aromatic carbocycles. The zero-order valence-electron chi connectivity index (χ0n) is 20.2. The van der Waals surface area contributed by atoms with Gasteiger partial charge in [-0.2, -0.15) is 0 Å². The summed E-state index contributed by atoms with van der Waals surface area (Å²) in [5.41, 5.74) is 3.43. The standard InChI is InChI=1S/C28H24F3N3O4/c29-28(30,31)38-24-4-2-1-3-22(24)26(36)32-21-8-5-17(6-9-21)18-11-13-34(14-12-18)27(37)19-7-10-23-20(15-19)16-25(35)33-23/h1-10,15,18H,11-14,16H2,(H,32,36)(H,33,35). The van der Waals surface area contributed by atoms with Crippen LogP contribution in [0.5, 0.6) is 5.75 Å². The van der Waals surface area contributed by atoms with E-state index in [9.17, 15) is 27.6 Å². The molecule has 38 heavy (non-hydrogen) atoms. The normalized spacial score (nSPS) is 15.6. The SMILES string of the molecule is O=C1Cc2cc(C(=O)N3CCC(c4ccc(NC(=O)c5ccccc5OC(F)(F)F)cc4)CC3)ccc2N1. The van der Waals surface area contributed by atoms with Crippen LogP contribution >= 0.6 is 0 Å². The number of anilines is 2. The summed E-state index contributed by atoms with van der Waals surface area (Å²) in [5.74, 6) is -1.18. The molecule has 5 rings (SSSR count). The summed E-state index contributed by atoms with van der Waals surface area (Å²) in [4.78, 5) is 39.0. The van der Waals surface area contributed by atoms with Gasteiger partial charge in [-0.1, -0.05) is 24.3 Å². The Kier molecular flexibility index (Phi) is 6.79. The number of piperidine rings is 1. The number of nitrogens with one attached hydrogen (secondary N) is 2. The van der Waals surface area contributed by atoms with Crippen LogP contribution in [0.15, 0.2) is 66.7 Å². The Morgan fingerprint density at radius 1 is 0.974 bits per heavy atom. The van der Waals surface area contributed by atoms with E-state index in [0.717, 1.165) is 35.7 Å². The summed E-state index contributed by atoms with van der Waals surface area (Å²) < 4.78 is 41.9. The summed E-state index contributed by atoms with van der Waals surface area (Å²) in [6.45, 7) is 1.18. The number of benzene rings is 3. The minimum Gasteiger partial charge on any atom is -0.405 e. The second-order valence-electron chi connectivity index (χ2n) is 9.28. The smallest absolute Gasteiger partial charge is 0.405 e. The summed E-state index contributed by atoms with van der Waals surface area (Å²) in [5, 5.41) is 5.38. The first-order chi connectivity index (χ1) is 18.2. The molecule has 0 atom stereocenters. The van der Waals surface area contributed by atoms with E-state index in [2.05, 4.69) is 15.4 Å². The molecule has 0 aromatic heterocycles. The first-order valence-electron chi connectivity index (χ1n) is 12.1. The third-order valence-corrected chi connectivity index (χ3v) is 6.76. The van der Waals surface area contributed by atoms with Crippen molar-refractivity contribution in [1.29, 1.82) is 0 Å². The average Bonchev–Trinajstić information content (AvgIpc) is 3.27. The number of rotatable bonds is 5. The third kappa shape index (κ3) is 5.64. The number of carbonyl (C=O) groups is 3. The van der Waals surface area contributed by atoms with E-state index in [1.54, 1.807) is 30.3 Å². The second kappa shape index (κ2) is 10.2. The van der Waals surface area contributed by atoms with Crippen molar-refractivity contribution in [2.45, 2.75) is 31.5 Å². The highest BCUT2D eigenvalue weighted by atomic mass is 19.4. The quantitative estimate of drug-likeness (QED) is 0.472. The Hall–Kier alpha value is -4.34. The van der Waals surface area contributed by atoms with E-state index in [1.807, 2.05) is 17.0 Å². The van der Waals surface area contributed by atoms with Crippen molar-refractivity contribution in [2.24, 2.45) is 0 Å². The molecule has 3 amide bonds. The number of ether oxygens (including phenoxy) is 1. The molecule has 0 aliphatic carbocycles. The van der Waals surface area contributed by atoms with Gasteiger partial charge in [-0.25, -0.2) is 0 Å². The summed E-state index contributed by atoms with van der Waals surface area (Å²) >= 11 is 0. The van der Waals surface area contributed by atoms with Crippen molar-refractivity contribution < 1.29 is 32.3 Å². The molecule has 0 bridgehead atoms. The maximum atomic E-state index is 13.0. The van der Waals surface area contributed by atoms with Gasteiger partial charge in [0.1, 0.15) is 5.75 Å². The zero-order valence-corrected chi connectivity index (χ0v) is 20.2. The summed E-state index contributed by atoms with van der Waals surface area (Å²) in [7, 11) is 0. The van der Waals surface area contributed by atoms with Gasteiger partial charge in [0.15, 0.2) is 0 Å². The van der Waals surface area contributed by atoms with Gasteiger partial charge in [0.05, 0.1) is 12.0 Å². The van der Waals surface area contributed by atoms with Crippen LogP contribution in [0.3, 0.4) is 0 Å². The lowest BCUT2D eigenvalue weighted by molar-refractivity contribution is -0.274. The van der Waals surface area contributed by atoms with Gasteiger partial charge in [0.2, 0.25) is 5.91 Å². The molecular weight excluding hydrogens is 499 g/mol. The molecule has 2 heterocycles. The number of nitrogens with zero attached hydrogens (tertiary/aromatic N) is 1. The number of amides is 3. The van der Waals surface area contributed by atoms with E-state index < -0.39 is 18.0 Å². The van der Waals surface area contributed by atoms with Crippen LogP contribution in [0.2, 0.25) is 0 Å². The Balaban J connectivity index is 1.18. The van der Waals surface area contributed by atoms with Crippen LogP contribution in [0.1, 0.15) is 50.6 Å². The molecule has 0 saturated carbocycles. The van der Waals surface area contributed by atoms with E-state index in [-0.39, 0.29) is 29.7 Å². The number of hydrogen-bond donors (Lipinski definition) is 2. The van der Waals surface area contributed by atoms with Gasteiger partial charge < -0.3 is 20.3 Å². The van der Waals surface area contributed by atoms with Crippen molar-refractivity contribution in [2.75, 3.05) is 23.7 Å². The van der Waals surface area contributed by atoms with Gasteiger partial charge in [0, 0.05) is 30.0 Å². The Morgan fingerprint density at radius 3 is 2.39 bits per heavy atom. The Bertz CT molecular complexity index is 1380. The van der Waals surface area contributed by atoms with Gasteiger partial charge in [-0.15, -0.1) is 13.2 Å². The highest BCUT2D eigenvalue weighted by Gasteiger charge is 2.33. The molecule has 2 aliphatic rings. The number of para-hydroxylation sites is 1. The average molecular weight is 524 g/mol. The zero-order chi connectivity index (χ0) is 26.9. The fourth-order valence-corrected chi connectivity index (χ4v) is 4.87. The van der Waals surface area contributed by atoms with Crippen LogP contribution in [0, 0.1) is 0 Å². The van der Waals surface area contributed by atoms with Crippen LogP contribution in [0.25, 0.3) is 0 Å². The van der Waals surface area contributed by atoms with Crippen molar-refractivity contribution in [1.82, 2.24) is 4.90 Å². The lowest BCUT2D eigenvalue weighted by Crippen LogP contribution is -2.37. The van der Waals surface area contributed by atoms with Crippen LogP contribution in [-0.4, -0.2) is 42.1 Å². The Labute approximate surface area is 216 Å². The minimum atomic E-state index is -4.91. The number of likely N-dealkylation sites (tertiary alicyclic amines) is 1. The fraction of sp³-hybridized carbons (Fsp3) is 0.250. The van der Waals surface area contributed by atoms with Crippen molar-refractivity contribution in [3.8, 4) is 5.75 Å². The topological polar surface area (TPSA) is 87.7 Å². The maximum Gasteiger partial charge on any atom is 0.573 e.